The first kappa shape index (κ1) is 10.9. The molecular weight excluding hydrogens is 294 g/mol. The van der Waals surface area contributed by atoms with E-state index in [-0.39, 0.29) is 0 Å². The summed E-state index contributed by atoms with van der Waals surface area (Å²) in [4.78, 5) is 4.06. The number of fused-ring (bicyclic) bond motifs is 1. The minimum atomic E-state index is 0.314. The van der Waals surface area contributed by atoms with Gasteiger partial charge in [-0.2, -0.15) is 5.26 Å². The monoisotopic (exact) mass is 299 g/mol. The number of hydrogen-bond donors (Lipinski definition) is 0. The Morgan fingerprint density at radius 2 is 2.11 bits per heavy atom. The highest BCUT2D eigenvalue weighted by Crippen LogP contribution is 2.20. The zero-order valence-corrected chi connectivity index (χ0v) is 10.7. The Bertz CT molecular complexity index is 771. The standard InChI is InChI=1S/C12H6BrN5/c13-8-5-12(10(6-14)15-7-8)18-11-4-2-1-3-9(11)16-17-18/h1-5,7H. The van der Waals surface area contributed by atoms with E-state index in [2.05, 4.69) is 37.3 Å². The van der Waals surface area contributed by atoms with Gasteiger partial charge >= 0.3 is 0 Å². The largest absolute Gasteiger partial charge is 0.242 e. The molecule has 0 fully saturated rings. The highest BCUT2D eigenvalue weighted by atomic mass is 79.9. The molecule has 0 spiro atoms. The van der Waals surface area contributed by atoms with E-state index in [9.17, 15) is 0 Å². The molecule has 0 unspecified atom stereocenters. The van der Waals surface area contributed by atoms with Crippen LogP contribution in [0.3, 0.4) is 0 Å². The summed E-state index contributed by atoms with van der Waals surface area (Å²) in [6, 6.07) is 11.4. The summed E-state index contributed by atoms with van der Waals surface area (Å²) in [5.41, 5.74) is 2.55. The molecule has 1 aromatic carbocycles. The second kappa shape index (κ2) is 4.20. The Morgan fingerprint density at radius 1 is 1.28 bits per heavy atom. The number of halogens is 1. The van der Waals surface area contributed by atoms with Gasteiger partial charge in [-0.05, 0) is 34.1 Å². The summed E-state index contributed by atoms with van der Waals surface area (Å²) in [5.74, 6) is 0. The van der Waals surface area contributed by atoms with Crippen LogP contribution in [0.15, 0.2) is 41.0 Å². The minimum absolute atomic E-state index is 0.314. The van der Waals surface area contributed by atoms with E-state index < -0.39 is 0 Å². The highest BCUT2D eigenvalue weighted by Gasteiger charge is 2.11. The van der Waals surface area contributed by atoms with Crippen molar-refractivity contribution in [1.29, 1.82) is 5.26 Å². The van der Waals surface area contributed by atoms with Crippen molar-refractivity contribution in [1.82, 2.24) is 20.0 Å². The van der Waals surface area contributed by atoms with Crippen LogP contribution in [0.25, 0.3) is 16.7 Å². The molecule has 0 atom stereocenters. The fraction of sp³-hybridized carbons (Fsp3) is 0. The van der Waals surface area contributed by atoms with Crippen LogP contribution in [-0.4, -0.2) is 20.0 Å². The van der Waals surface area contributed by atoms with E-state index in [0.717, 1.165) is 15.5 Å². The van der Waals surface area contributed by atoms with Crippen molar-refractivity contribution in [2.24, 2.45) is 0 Å². The number of para-hydroxylation sites is 1. The number of nitriles is 1. The van der Waals surface area contributed by atoms with Gasteiger partial charge in [-0.1, -0.05) is 17.3 Å². The molecule has 5 nitrogen and oxygen atoms in total. The maximum atomic E-state index is 9.09. The Labute approximate surface area is 111 Å². The Kier molecular flexibility index (Phi) is 2.54. The third kappa shape index (κ3) is 1.65. The molecule has 0 saturated carbocycles. The predicted octanol–water partition coefficient (Wildman–Crippen LogP) is 2.45. The lowest BCUT2D eigenvalue weighted by Gasteiger charge is -2.04. The Hall–Kier alpha value is -2.26. The van der Waals surface area contributed by atoms with Crippen molar-refractivity contribution in [3.8, 4) is 11.8 Å². The summed E-state index contributed by atoms with van der Waals surface area (Å²) in [6.07, 6.45) is 1.58. The van der Waals surface area contributed by atoms with Crippen LogP contribution >= 0.6 is 15.9 Å². The lowest BCUT2D eigenvalue weighted by molar-refractivity contribution is 0.816. The average Bonchev–Trinajstić information content (AvgIpc) is 2.82. The number of benzene rings is 1. The summed E-state index contributed by atoms with van der Waals surface area (Å²) in [7, 11) is 0. The molecule has 0 radical (unpaired) electrons. The second-order valence-corrected chi connectivity index (χ2v) is 4.54. The van der Waals surface area contributed by atoms with Crippen molar-refractivity contribution >= 4 is 27.0 Å². The van der Waals surface area contributed by atoms with Gasteiger partial charge in [0.15, 0.2) is 5.69 Å². The molecule has 6 heteroatoms. The summed E-state index contributed by atoms with van der Waals surface area (Å²) in [5, 5.41) is 17.2. The van der Waals surface area contributed by atoms with Crippen LogP contribution in [0.5, 0.6) is 0 Å². The van der Waals surface area contributed by atoms with Crippen LogP contribution < -0.4 is 0 Å². The van der Waals surface area contributed by atoms with Crippen molar-refractivity contribution in [2.45, 2.75) is 0 Å². The maximum Gasteiger partial charge on any atom is 0.166 e. The molecule has 0 N–H and O–H groups in total. The van der Waals surface area contributed by atoms with Gasteiger partial charge in [-0.15, -0.1) is 5.10 Å². The molecule has 0 amide bonds. The quantitative estimate of drug-likeness (QED) is 0.692. The zero-order valence-electron chi connectivity index (χ0n) is 9.08. The number of hydrogen-bond acceptors (Lipinski definition) is 4. The molecule has 0 aliphatic heterocycles. The van der Waals surface area contributed by atoms with Gasteiger partial charge in [0.2, 0.25) is 0 Å². The molecule has 3 aromatic rings. The van der Waals surface area contributed by atoms with Gasteiger partial charge in [-0.25, -0.2) is 9.67 Å². The van der Waals surface area contributed by atoms with Gasteiger partial charge in [-0.3, -0.25) is 0 Å². The van der Waals surface area contributed by atoms with Gasteiger partial charge in [0.25, 0.3) is 0 Å². The second-order valence-electron chi connectivity index (χ2n) is 3.62. The number of nitrogens with zero attached hydrogens (tertiary/aromatic N) is 5. The third-order valence-electron chi connectivity index (χ3n) is 2.52. The van der Waals surface area contributed by atoms with Crippen LogP contribution in [0.2, 0.25) is 0 Å². The van der Waals surface area contributed by atoms with Gasteiger partial charge in [0, 0.05) is 10.7 Å². The van der Waals surface area contributed by atoms with E-state index in [4.69, 9.17) is 5.26 Å². The smallest absolute Gasteiger partial charge is 0.166 e. The topological polar surface area (TPSA) is 67.4 Å². The zero-order chi connectivity index (χ0) is 12.5. The van der Waals surface area contributed by atoms with Crippen molar-refractivity contribution in [2.75, 3.05) is 0 Å². The van der Waals surface area contributed by atoms with Crippen LogP contribution in [0, 0.1) is 11.3 Å². The van der Waals surface area contributed by atoms with Crippen molar-refractivity contribution in [3.63, 3.8) is 0 Å². The fourth-order valence-electron chi connectivity index (χ4n) is 1.72. The van der Waals surface area contributed by atoms with E-state index in [1.807, 2.05) is 24.3 Å². The van der Waals surface area contributed by atoms with E-state index in [1.165, 1.54) is 0 Å². The molecule has 86 valence electrons. The molecule has 3 rings (SSSR count). The molecule has 0 aliphatic rings. The summed E-state index contributed by atoms with van der Waals surface area (Å²) in [6.45, 7) is 0. The van der Waals surface area contributed by atoms with E-state index in [0.29, 0.717) is 11.4 Å². The lowest BCUT2D eigenvalue weighted by Crippen LogP contribution is -2.01. The first-order valence-electron chi connectivity index (χ1n) is 5.16. The number of aromatic nitrogens is 4. The van der Waals surface area contributed by atoms with Crippen molar-refractivity contribution < 1.29 is 0 Å². The maximum absolute atomic E-state index is 9.09. The summed E-state index contributed by atoms with van der Waals surface area (Å²) >= 11 is 3.34. The predicted molar refractivity (Wildman–Crippen MR) is 69.1 cm³/mol. The van der Waals surface area contributed by atoms with Crippen molar-refractivity contribution in [3.05, 3.63) is 46.7 Å². The molecular formula is C12H6BrN5. The minimum Gasteiger partial charge on any atom is -0.242 e. The fourth-order valence-corrected chi connectivity index (χ4v) is 2.04. The number of rotatable bonds is 1. The average molecular weight is 300 g/mol. The van der Waals surface area contributed by atoms with Gasteiger partial charge in [0.05, 0.1) is 5.52 Å². The van der Waals surface area contributed by atoms with Gasteiger partial charge in [0.1, 0.15) is 17.3 Å². The Balaban J connectivity index is 2.33. The first-order chi connectivity index (χ1) is 8.79. The van der Waals surface area contributed by atoms with E-state index in [1.54, 1.807) is 16.9 Å². The molecule has 0 bridgehead atoms. The lowest BCUT2D eigenvalue weighted by atomic mass is 10.3. The van der Waals surface area contributed by atoms with Crippen LogP contribution in [0.4, 0.5) is 0 Å². The Morgan fingerprint density at radius 3 is 2.94 bits per heavy atom. The SMILES string of the molecule is N#Cc1ncc(Br)cc1-n1nnc2ccccc21. The molecule has 2 aromatic heterocycles. The molecule has 0 saturated heterocycles. The normalized spacial score (nSPS) is 10.4. The number of pyridine rings is 1. The van der Waals surface area contributed by atoms with Crippen LogP contribution in [0.1, 0.15) is 5.69 Å². The first-order valence-corrected chi connectivity index (χ1v) is 5.95. The molecule has 2 heterocycles. The van der Waals surface area contributed by atoms with Crippen LogP contribution in [-0.2, 0) is 0 Å². The summed E-state index contributed by atoms with van der Waals surface area (Å²) < 4.78 is 2.40. The van der Waals surface area contributed by atoms with Gasteiger partial charge < -0.3 is 0 Å². The van der Waals surface area contributed by atoms with E-state index >= 15 is 0 Å². The third-order valence-corrected chi connectivity index (χ3v) is 2.95. The highest BCUT2D eigenvalue weighted by molar-refractivity contribution is 9.10. The molecule has 0 aliphatic carbocycles. The molecule has 18 heavy (non-hydrogen) atoms.